The lowest BCUT2D eigenvalue weighted by Gasteiger charge is -2.16. The van der Waals surface area contributed by atoms with E-state index >= 15 is 0 Å². The maximum absolute atomic E-state index is 12.9. The van der Waals surface area contributed by atoms with Crippen LogP contribution in [0.3, 0.4) is 0 Å². The monoisotopic (exact) mass is 396 g/mol. The summed E-state index contributed by atoms with van der Waals surface area (Å²) in [5.74, 6) is 1.32. The molecule has 1 aliphatic heterocycles. The number of para-hydroxylation sites is 1. The van der Waals surface area contributed by atoms with Crippen LogP contribution in [-0.4, -0.2) is 26.0 Å². The van der Waals surface area contributed by atoms with Crippen LogP contribution in [0, 0.1) is 12.3 Å². The summed E-state index contributed by atoms with van der Waals surface area (Å²) in [5.41, 5.74) is 1.14. The molecular formula is C23H24O6. The van der Waals surface area contributed by atoms with E-state index in [0.29, 0.717) is 39.7 Å². The lowest BCUT2D eigenvalue weighted by Crippen LogP contribution is -2.25. The minimum Gasteiger partial charge on any atom is -0.493 e. The van der Waals surface area contributed by atoms with E-state index in [2.05, 4.69) is 0 Å². The fourth-order valence-electron chi connectivity index (χ4n) is 2.96. The zero-order chi connectivity index (χ0) is 21.3. The van der Waals surface area contributed by atoms with Crippen molar-refractivity contribution in [3.63, 3.8) is 0 Å². The first-order valence-corrected chi connectivity index (χ1v) is 9.18. The van der Waals surface area contributed by atoms with Gasteiger partial charge in [0.25, 0.3) is 0 Å². The summed E-state index contributed by atoms with van der Waals surface area (Å²) in [6, 6.07) is 8.60. The molecule has 2 aromatic carbocycles. The molecule has 0 unspecified atom stereocenters. The molecule has 6 nitrogen and oxygen atoms in total. The van der Waals surface area contributed by atoms with Crippen LogP contribution in [0.15, 0.2) is 36.1 Å². The van der Waals surface area contributed by atoms with Gasteiger partial charge in [-0.05, 0) is 51.5 Å². The van der Waals surface area contributed by atoms with Crippen LogP contribution < -0.4 is 18.9 Å². The summed E-state index contributed by atoms with van der Waals surface area (Å²) in [7, 11) is 3.08. The van der Waals surface area contributed by atoms with Crippen molar-refractivity contribution in [2.24, 2.45) is 5.41 Å². The number of aryl methyl sites for hydroxylation is 1. The largest absolute Gasteiger partial charge is 0.493 e. The van der Waals surface area contributed by atoms with E-state index in [-0.39, 0.29) is 17.5 Å². The zero-order valence-corrected chi connectivity index (χ0v) is 17.4. The molecule has 29 heavy (non-hydrogen) atoms. The summed E-state index contributed by atoms with van der Waals surface area (Å²) in [6.45, 7) is 7.11. The molecule has 0 fully saturated rings. The van der Waals surface area contributed by atoms with Gasteiger partial charge < -0.3 is 18.9 Å². The number of carbonyl (C=O) groups excluding carboxylic acids is 2. The molecule has 1 heterocycles. The number of esters is 1. The molecule has 0 saturated heterocycles. The Bertz CT molecular complexity index is 1010. The molecule has 0 aromatic heterocycles. The number of Topliss-reactive ketones (excluding diaryl/α,β-unsaturated/α-hetero) is 1. The number of allylic oxidation sites excluding steroid dienone is 1. The lowest BCUT2D eigenvalue weighted by atomic mass is 9.97. The molecule has 0 amide bonds. The van der Waals surface area contributed by atoms with Crippen molar-refractivity contribution in [1.29, 1.82) is 0 Å². The van der Waals surface area contributed by atoms with Crippen molar-refractivity contribution >= 4 is 17.8 Å². The van der Waals surface area contributed by atoms with Crippen LogP contribution in [-0.2, 0) is 4.79 Å². The van der Waals surface area contributed by atoms with E-state index in [0.717, 1.165) is 0 Å². The zero-order valence-electron chi connectivity index (χ0n) is 17.4. The van der Waals surface area contributed by atoms with Crippen molar-refractivity contribution < 1.29 is 28.5 Å². The van der Waals surface area contributed by atoms with E-state index in [1.54, 1.807) is 71.2 Å². The average Bonchev–Trinajstić information content (AvgIpc) is 2.96. The van der Waals surface area contributed by atoms with Gasteiger partial charge in [-0.25, -0.2) is 0 Å². The topological polar surface area (TPSA) is 71.1 Å². The number of carbonyl (C=O) groups is 2. The highest BCUT2D eigenvalue weighted by atomic mass is 16.5. The minimum absolute atomic E-state index is 0.161. The van der Waals surface area contributed by atoms with Crippen LogP contribution in [0.4, 0.5) is 0 Å². The van der Waals surface area contributed by atoms with Gasteiger partial charge in [0.1, 0.15) is 11.5 Å². The first kappa shape index (κ1) is 20.5. The van der Waals surface area contributed by atoms with Gasteiger partial charge in [-0.3, -0.25) is 9.59 Å². The van der Waals surface area contributed by atoms with Gasteiger partial charge >= 0.3 is 5.97 Å². The molecule has 0 N–H and O–H groups in total. The quantitative estimate of drug-likeness (QED) is 0.428. The maximum atomic E-state index is 12.9. The molecule has 0 aliphatic carbocycles. The number of ether oxygens (including phenoxy) is 4. The molecule has 0 atom stereocenters. The van der Waals surface area contributed by atoms with Crippen LogP contribution in [0.1, 0.15) is 42.3 Å². The fourth-order valence-corrected chi connectivity index (χ4v) is 2.96. The van der Waals surface area contributed by atoms with Gasteiger partial charge in [-0.1, -0.05) is 12.1 Å². The lowest BCUT2D eigenvalue weighted by molar-refractivity contribution is -0.143. The Kier molecular flexibility index (Phi) is 5.38. The number of rotatable bonds is 4. The second-order valence-corrected chi connectivity index (χ2v) is 7.78. The summed E-state index contributed by atoms with van der Waals surface area (Å²) >= 11 is 0. The van der Waals surface area contributed by atoms with Gasteiger partial charge in [-0.15, -0.1) is 0 Å². The SMILES string of the molecule is COc1cccc(/C=C2\Oc3cc(OC(=O)C(C)(C)C)cc(C)c3C2=O)c1OC. The normalized spacial score (nSPS) is 14.4. The van der Waals surface area contributed by atoms with Crippen LogP contribution in [0.2, 0.25) is 0 Å². The van der Waals surface area contributed by atoms with E-state index < -0.39 is 5.41 Å². The first-order valence-electron chi connectivity index (χ1n) is 9.18. The van der Waals surface area contributed by atoms with Gasteiger partial charge in [0, 0.05) is 11.6 Å². The Labute approximate surface area is 170 Å². The van der Waals surface area contributed by atoms with Crippen molar-refractivity contribution in [3.05, 3.63) is 52.8 Å². The average molecular weight is 396 g/mol. The highest BCUT2D eigenvalue weighted by Gasteiger charge is 2.31. The van der Waals surface area contributed by atoms with E-state index in [1.807, 2.05) is 0 Å². The highest BCUT2D eigenvalue weighted by molar-refractivity contribution is 6.15. The second-order valence-electron chi connectivity index (χ2n) is 7.78. The smallest absolute Gasteiger partial charge is 0.316 e. The third-order valence-corrected chi connectivity index (χ3v) is 4.49. The number of methoxy groups -OCH3 is 2. The molecule has 0 radical (unpaired) electrons. The van der Waals surface area contributed by atoms with Crippen LogP contribution >= 0.6 is 0 Å². The number of hydrogen-bond acceptors (Lipinski definition) is 6. The maximum Gasteiger partial charge on any atom is 0.316 e. The first-order chi connectivity index (χ1) is 13.7. The van der Waals surface area contributed by atoms with E-state index in [4.69, 9.17) is 18.9 Å². The molecule has 1 aliphatic rings. The van der Waals surface area contributed by atoms with Crippen molar-refractivity contribution in [2.45, 2.75) is 27.7 Å². The number of benzene rings is 2. The van der Waals surface area contributed by atoms with Gasteiger partial charge in [0.05, 0.1) is 25.2 Å². The van der Waals surface area contributed by atoms with Gasteiger partial charge in [0.2, 0.25) is 5.78 Å². The number of fused-ring (bicyclic) bond motifs is 1. The Balaban J connectivity index is 1.96. The Morgan fingerprint density at radius 2 is 1.83 bits per heavy atom. The molecular weight excluding hydrogens is 372 g/mol. The molecule has 152 valence electrons. The number of ketones is 1. The predicted molar refractivity (Wildman–Crippen MR) is 109 cm³/mol. The molecule has 0 spiro atoms. The Morgan fingerprint density at radius 1 is 1.10 bits per heavy atom. The predicted octanol–water partition coefficient (Wildman–Crippen LogP) is 4.58. The number of hydrogen-bond donors (Lipinski definition) is 0. The minimum atomic E-state index is -0.641. The van der Waals surface area contributed by atoms with E-state index in [1.165, 1.54) is 7.11 Å². The third kappa shape index (κ3) is 3.97. The molecule has 6 heteroatoms. The van der Waals surface area contributed by atoms with Crippen LogP contribution in [0.25, 0.3) is 6.08 Å². The fraction of sp³-hybridized carbons (Fsp3) is 0.304. The van der Waals surface area contributed by atoms with E-state index in [9.17, 15) is 9.59 Å². The summed E-state index contributed by atoms with van der Waals surface area (Å²) in [4.78, 5) is 25.1. The van der Waals surface area contributed by atoms with Gasteiger partial charge in [0.15, 0.2) is 17.3 Å². The van der Waals surface area contributed by atoms with Crippen molar-refractivity contribution in [3.8, 4) is 23.0 Å². The standard InChI is InChI=1S/C23H24O6/c1-13-10-15(28-22(25)23(2,3)4)12-17-19(13)20(24)18(29-17)11-14-8-7-9-16(26-5)21(14)27-6/h7-12H,1-6H3/b18-11-. The Hall–Kier alpha value is -3.28. The Morgan fingerprint density at radius 3 is 2.45 bits per heavy atom. The third-order valence-electron chi connectivity index (χ3n) is 4.49. The second kappa shape index (κ2) is 7.62. The molecule has 2 aromatic rings. The van der Waals surface area contributed by atoms with Crippen molar-refractivity contribution in [1.82, 2.24) is 0 Å². The van der Waals surface area contributed by atoms with Gasteiger partial charge in [-0.2, -0.15) is 0 Å². The highest BCUT2D eigenvalue weighted by Crippen LogP contribution is 2.39. The molecule has 0 bridgehead atoms. The molecule has 0 saturated carbocycles. The molecule has 3 rings (SSSR count). The summed E-state index contributed by atoms with van der Waals surface area (Å²) < 4.78 is 22.0. The summed E-state index contributed by atoms with van der Waals surface area (Å²) in [6.07, 6.45) is 1.62. The van der Waals surface area contributed by atoms with Crippen molar-refractivity contribution in [2.75, 3.05) is 14.2 Å². The van der Waals surface area contributed by atoms with Crippen LogP contribution in [0.5, 0.6) is 23.0 Å². The summed E-state index contributed by atoms with van der Waals surface area (Å²) in [5, 5.41) is 0.